The fourth-order valence-corrected chi connectivity index (χ4v) is 4.35. The number of hydrogen-bond donors (Lipinski definition) is 5. The number of carbonyl (C=O) groups is 3. The number of carbonyl (C=O) groups excluding carboxylic acids is 3. The minimum absolute atomic E-state index is 0.0152. The van der Waals surface area contributed by atoms with Crippen LogP contribution >= 0.6 is 46.6 Å². The number of nitrogens with zero attached hydrogens (tertiary/aromatic N) is 6. The molecule has 0 aliphatic carbocycles. The van der Waals surface area contributed by atoms with E-state index in [9.17, 15) is 14.4 Å². The first-order valence-corrected chi connectivity index (χ1v) is 11.7. The highest BCUT2D eigenvalue weighted by Gasteiger charge is 2.12. The Balaban J connectivity index is 1.30. The summed E-state index contributed by atoms with van der Waals surface area (Å²) in [6, 6.07) is 0. The molecule has 0 unspecified atom stereocenters. The summed E-state index contributed by atoms with van der Waals surface area (Å²) in [7, 11) is 0. The van der Waals surface area contributed by atoms with Gasteiger partial charge in [0.05, 0.1) is 29.7 Å². The van der Waals surface area contributed by atoms with Gasteiger partial charge >= 0.3 is 0 Å². The molecule has 0 radical (unpaired) electrons. The van der Waals surface area contributed by atoms with Crippen molar-refractivity contribution in [2.24, 2.45) is 0 Å². The molecule has 158 valence electrons. The maximum atomic E-state index is 11.9. The molecule has 18 heteroatoms. The van der Waals surface area contributed by atoms with Gasteiger partial charge in [-0.15, -0.1) is 20.4 Å². The molecule has 0 bridgehead atoms. The Bertz CT molecular complexity index is 962. The molecule has 0 atom stereocenters. The molecular formula is C12H13N11O3S4. The molecular weight excluding hydrogens is 474 g/mol. The van der Waals surface area contributed by atoms with E-state index in [-0.39, 0.29) is 29.1 Å². The number of hydrazine groups is 1. The van der Waals surface area contributed by atoms with Crippen molar-refractivity contribution >= 4 is 69.5 Å². The van der Waals surface area contributed by atoms with Gasteiger partial charge in [-0.25, -0.2) is 0 Å². The van der Waals surface area contributed by atoms with Crippen LogP contribution in [0.4, 0.5) is 5.13 Å². The molecule has 14 nitrogen and oxygen atoms in total. The lowest BCUT2D eigenvalue weighted by atomic mass is 10.7. The van der Waals surface area contributed by atoms with E-state index in [1.54, 1.807) is 0 Å². The van der Waals surface area contributed by atoms with E-state index in [2.05, 4.69) is 57.2 Å². The average molecular weight is 488 g/mol. The summed E-state index contributed by atoms with van der Waals surface area (Å²) in [4.78, 5) is 35.4. The lowest BCUT2D eigenvalue weighted by Crippen LogP contribution is -2.43. The van der Waals surface area contributed by atoms with E-state index in [0.717, 1.165) is 23.1 Å². The normalized spacial score (nSPS) is 10.5. The lowest BCUT2D eigenvalue weighted by molar-refractivity contribution is -0.126. The second-order valence-corrected chi connectivity index (χ2v) is 9.19. The molecule has 0 aliphatic heterocycles. The van der Waals surface area contributed by atoms with Crippen molar-refractivity contribution in [1.29, 1.82) is 0 Å². The zero-order valence-corrected chi connectivity index (χ0v) is 18.1. The number of amides is 3. The van der Waals surface area contributed by atoms with Crippen LogP contribution in [0.5, 0.6) is 0 Å². The van der Waals surface area contributed by atoms with Gasteiger partial charge in [0.15, 0.2) is 4.34 Å². The van der Waals surface area contributed by atoms with Gasteiger partial charge < -0.3 is 0 Å². The van der Waals surface area contributed by atoms with Gasteiger partial charge in [-0.05, 0) is 0 Å². The second-order valence-electron chi connectivity index (χ2n) is 5.00. The molecule has 0 fully saturated rings. The highest BCUT2D eigenvalue weighted by molar-refractivity contribution is 8.01. The standard InChI is InChI=1S/C12H13N11O3S4/c24-6(3-27-9-1-13-22-18-9)15-11-20-21-12(30-11)29-5-8(26)17-16-7(25)4-28-10-2-14-23-19-10/h1-2H,3-5H2,(H,16,25)(H,17,26)(H,13,18,22)(H,14,19,23)(H,15,20,24). The van der Waals surface area contributed by atoms with Crippen LogP contribution in [-0.2, 0) is 14.4 Å². The topological polar surface area (TPSA) is 196 Å². The minimum Gasteiger partial charge on any atom is -0.300 e. The molecule has 0 aromatic carbocycles. The Morgan fingerprint density at radius 1 is 0.833 bits per heavy atom. The molecule has 30 heavy (non-hydrogen) atoms. The summed E-state index contributed by atoms with van der Waals surface area (Å²) < 4.78 is 0.498. The van der Waals surface area contributed by atoms with Crippen LogP contribution in [-0.4, -0.2) is 76.0 Å². The Kier molecular flexibility index (Phi) is 8.41. The Morgan fingerprint density at radius 2 is 1.40 bits per heavy atom. The number of nitrogens with one attached hydrogen (secondary N) is 5. The molecule has 0 saturated carbocycles. The number of aromatic nitrogens is 8. The van der Waals surface area contributed by atoms with E-state index in [4.69, 9.17) is 0 Å². The summed E-state index contributed by atoms with van der Waals surface area (Å²) in [6.45, 7) is 0. The SMILES string of the molecule is O=C(CSc1cn[nH]n1)NNC(=O)CSc1nnc(NC(=O)CSc2cn[nH]n2)s1. The maximum Gasteiger partial charge on any atom is 0.248 e. The largest absolute Gasteiger partial charge is 0.300 e. The molecule has 0 spiro atoms. The first-order chi connectivity index (χ1) is 14.6. The van der Waals surface area contributed by atoms with Crippen molar-refractivity contribution in [2.75, 3.05) is 22.6 Å². The van der Waals surface area contributed by atoms with Crippen molar-refractivity contribution in [2.45, 2.75) is 14.4 Å². The predicted octanol–water partition coefficient (Wildman–Crippen LogP) is -0.463. The zero-order chi connectivity index (χ0) is 21.2. The maximum absolute atomic E-state index is 11.9. The third-order valence-corrected chi connectivity index (χ3v) is 6.58. The number of aromatic amines is 2. The van der Waals surface area contributed by atoms with Gasteiger partial charge in [0.2, 0.25) is 22.9 Å². The number of H-pyrrole nitrogens is 2. The molecule has 3 aromatic heterocycles. The van der Waals surface area contributed by atoms with Crippen LogP contribution in [0.1, 0.15) is 0 Å². The third-order valence-electron chi connectivity index (χ3n) is 2.81. The van der Waals surface area contributed by atoms with Gasteiger partial charge in [-0.1, -0.05) is 46.6 Å². The summed E-state index contributed by atoms with van der Waals surface area (Å²) in [5.74, 6) is -0.823. The Hall–Kier alpha value is -2.70. The second kappa shape index (κ2) is 11.5. The van der Waals surface area contributed by atoms with E-state index in [1.165, 1.54) is 35.9 Å². The van der Waals surface area contributed by atoms with Crippen molar-refractivity contribution in [3.63, 3.8) is 0 Å². The van der Waals surface area contributed by atoms with Gasteiger partial charge in [0, 0.05) is 0 Å². The highest BCUT2D eigenvalue weighted by Crippen LogP contribution is 2.25. The van der Waals surface area contributed by atoms with Crippen molar-refractivity contribution in [3.05, 3.63) is 12.4 Å². The van der Waals surface area contributed by atoms with Crippen LogP contribution in [0.2, 0.25) is 0 Å². The fourth-order valence-electron chi connectivity index (χ4n) is 1.61. The fraction of sp³-hybridized carbons (Fsp3) is 0.250. The van der Waals surface area contributed by atoms with E-state index < -0.39 is 5.91 Å². The number of hydrogen-bond acceptors (Lipinski definition) is 13. The molecule has 3 heterocycles. The van der Waals surface area contributed by atoms with Crippen LogP contribution in [0.15, 0.2) is 26.8 Å². The number of anilines is 1. The average Bonchev–Trinajstić information content (AvgIpc) is 3.50. The van der Waals surface area contributed by atoms with Gasteiger partial charge in [0.25, 0.3) is 0 Å². The van der Waals surface area contributed by atoms with Gasteiger partial charge in [-0.3, -0.25) is 30.6 Å². The molecule has 3 aromatic rings. The monoisotopic (exact) mass is 487 g/mol. The Morgan fingerprint density at radius 3 is 1.97 bits per heavy atom. The molecule has 3 rings (SSSR count). The summed E-state index contributed by atoms with van der Waals surface area (Å²) in [5.41, 5.74) is 4.61. The minimum atomic E-state index is -0.412. The predicted molar refractivity (Wildman–Crippen MR) is 110 cm³/mol. The highest BCUT2D eigenvalue weighted by atomic mass is 32.2. The summed E-state index contributed by atoms with van der Waals surface area (Å²) in [5, 5.41) is 31.7. The third kappa shape index (κ3) is 7.61. The van der Waals surface area contributed by atoms with Crippen LogP contribution < -0.4 is 16.2 Å². The van der Waals surface area contributed by atoms with Crippen molar-refractivity contribution in [3.8, 4) is 0 Å². The van der Waals surface area contributed by atoms with E-state index in [0.29, 0.717) is 19.5 Å². The molecule has 0 saturated heterocycles. The smallest absolute Gasteiger partial charge is 0.248 e. The first-order valence-electron chi connectivity index (χ1n) is 7.89. The van der Waals surface area contributed by atoms with Crippen LogP contribution in [0.25, 0.3) is 0 Å². The molecule has 0 aliphatic rings. The number of thioether (sulfide) groups is 3. The van der Waals surface area contributed by atoms with Gasteiger partial charge in [0.1, 0.15) is 10.1 Å². The van der Waals surface area contributed by atoms with Gasteiger partial charge in [-0.2, -0.15) is 20.6 Å². The summed E-state index contributed by atoms with van der Waals surface area (Å²) in [6.07, 6.45) is 3.00. The van der Waals surface area contributed by atoms with Crippen molar-refractivity contribution in [1.82, 2.24) is 51.9 Å². The van der Waals surface area contributed by atoms with E-state index in [1.807, 2.05) is 0 Å². The summed E-state index contributed by atoms with van der Waals surface area (Å²) >= 11 is 4.66. The quantitative estimate of drug-likeness (QED) is 0.140. The van der Waals surface area contributed by atoms with Crippen LogP contribution in [0.3, 0.4) is 0 Å². The number of rotatable bonds is 10. The van der Waals surface area contributed by atoms with E-state index >= 15 is 0 Å². The first kappa shape index (κ1) is 22.0. The zero-order valence-electron chi connectivity index (χ0n) is 14.8. The molecule has 5 N–H and O–H groups in total. The van der Waals surface area contributed by atoms with Crippen LogP contribution in [0, 0.1) is 0 Å². The van der Waals surface area contributed by atoms with Crippen molar-refractivity contribution < 1.29 is 14.4 Å². The molecule has 3 amide bonds. The Labute approximate surface area is 184 Å². The lowest BCUT2D eigenvalue weighted by Gasteiger charge is -2.05.